The number of hydrogen-bond acceptors (Lipinski definition) is 5. The molecule has 1 saturated carbocycles. The Bertz CT molecular complexity index is 906. The molecule has 0 spiro atoms. The van der Waals surface area contributed by atoms with Crippen LogP contribution in [0.25, 0.3) is 0 Å². The average Bonchev–Trinajstić information content (AvgIpc) is 3.58. The monoisotopic (exact) mass is 394 g/mol. The fourth-order valence-electron chi connectivity index (χ4n) is 3.82. The van der Waals surface area contributed by atoms with Crippen LogP contribution in [-0.2, 0) is 11.3 Å². The SMILES string of the molecule is COc1ccc(C(=O)CN2CCC(=O)N(C3CC3)Cc3cc(OC)ccc32)cc1. The maximum atomic E-state index is 12.9. The molecular formula is C23H26N2O4. The van der Waals surface area contributed by atoms with Crippen molar-refractivity contribution in [2.45, 2.75) is 31.8 Å². The second-order valence-corrected chi connectivity index (χ2v) is 7.57. The molecule has 0 atom stereocenters. The topological polar surface area (TPSA) is 59.1 Å². The van der Waals surface area contributed by atoms with Crippen molar-refractivity contribution < 1.29 is 19.1 Å². The second kappa shape index (κ2) is 8.15. The van der Waals surface area contributed by atoms with Crippen LogP contribution in [0.3, 0.4) is 0 Å². The molecule has 1 aliphatic carbocycles. The lowest BCUT2D eigenvalue weighted by Gasteiger charge is -2.33. The molecule has 1 aliphatic heterocycles. The average molecular weight is 394 g/mol. The maximum Gasteiger partial charge on any atom is 0.224 e. The molecule has 0 unspecified atom stereocenters. The third kappa shape index (κ3) is 4.21. The van der Waals surface area contributed by atoms with Gasteiger partial charge in [-0.25, -0.2) is 0 Å². The normalized spacial score (nSPS) is 16.7. The standard InChI is InChI=1S/C23H26N2O4/c1-28-19-7-3-16(4-8-19)22(26)15-24-12-11-23(27)25(18-5-6-18)14-17-13-20(29-2)9-10-21(17)24/h3-4,7-10,13,18H,5-6,11-12,14-15H2,1-2H3. The first-order valence-electron chi connectivity index (χ1n) is 9.97. The molecule has 1 heterocycles. The predicted octanol–water partition coefficient (Wildman–Crippen LogP) is 3.29. The first-order chi connectivity index (χ1) is 14.1. The summed E-state index contributed by atoms with van der Waals surface area (Å²) in [6.07, 6.45) is 2.56. The van der Waals surface area contributed by atoms with Gasteiger partial charge in [0.15, 0.2) is 5.78 Å². The Morgan fingerprint density at radius 1 is 1.03 bits per heavy atom. The minimum atomic E-state index is 0.0153. The van der Waals surface area contributed by atoms with Crippen LogP contribution in [0.2, 0.25) is 0 Å². The van der Waals surface area contributed by atoms with E-state index in [1.165, 1.54) is 0 Å². The van der Waals surface area contributed by atoms with Crippen LogP contribution >= 0.6 is 0 Å². The number of ketones is 1. The van der Waals surface area contributed by atoms with Gasteiger partial charge in [0.1, 0.15) is 11.5 Å². The van der Waals surface area contributed by atoms with Crippen molar-refractivity contribution in [2.75, 3.05) is 32.2 Å². The Kier molecular flexibility index (Phi) is 5.43. The minimum Gasteiger partial charge on any atom is -0.497 e. The van der Waals surface area contributed by atoms with E-state index in [0.717, 1.165) is 35.6 Å². The van der Waals surface area contributed by atoms with Crippen LogP contribution in [0.15, 0.2) is 42.5 Å². The fourth-order valence-corrected chi connectivity index (χ4v) is 3.82. The Morgan fingerprint density at radius 2 is 1.72 bits per heavy atom. The van der Waals surface area contributed by atoms with E-state index in [1.807, 2.05) is 28.0 Å². The molecule has 0 bridgehead atoms. The first-order valence-corrected chi connectivity index (χ1v) is 9.97. The zero-order chi connectivity index (χ0) is 20.4. The van der Waals surface area contributed by atoms with Gasteiger partial charge in [-0.2, -0.15) is 0 Å². The molecule has 0 radical (unpaired) electrons. The van der Waals surface area contributed by atoms with Crippen LogP contribution < -0.4 is 14.4 Å². The maximum absolute atomic E-state index is 12.9. The molecule has 29 heavy (non-hydrogen) atoms. The molecule has 2 aromatic carbocycles. The van der Waals surface area contributed by atoms with Gasteiger partial charge in [-0.1, -0.05) is 0 Å². The highest BCUT2D eigenvalue weighted by atomic mass is 16.5. The van der Waals surface area contributed by atoms with Gasteiger partial charge in [0.05, 0.1) is 20.8 Å². The smallest absolute Gasteiger partial charge is 0.224 e. The second-order valence-electron chi connectivity index (χ2n) is 7.57. The summed E-state index contributed by atoms with van der Waals surface area (Å²) >= 11 is 0. The van der Waals surface area contributed by atoms with Crippen molar-refractivity contribution in [1.82, 2.24) is 4.90 Å². The van der Waals surface area contributed by atoms with E-state index in [9.17, 15) is 9.59 Å². The van der Waals surface area contributed by atoms with Crippen molar-refractivity contribution in [3.8, 4) is 11.5 Å². The highest BCUT2D eigenvalue weighted by Gasteiger charge is 2.34. The number of anilines is 1. The number of amides is 1. The molecule has 2 aliphatic rings. The van der Waals surface area contributed by atoms with E-state index in [4.69, 9.17) is 9.47 Å². The Labute approximate surface area is 171 Å². The van der Waals surface area contributed by atoms with Crippen LogP contribution in [0.1, 0.15) is 35.2 Å². The van der Waals surface area contributed by atoms with E-state index in [1.54, 1.807) is 38.5 Å². The molecule has 0 N–H and O–H groups in total. The largest absolute Gasteiger partial charge is 0.497 e. The molecule has 6 heteroatoms. The minimum absolute atomic E-state index is 0.0153. The highest BCUT2D eigenvalue weighted by molar-refractivity contribution is 5.99. The van der Waals surface area contributed by atoms with Gasteiger partial charge in [0, 0.05) is 36.8 Å². The lowest BCUT2D eigenvalue weighted by molar-refractivity contribution is -0.132. The number of methoxy groups -OCH3 is 2. The molecular weight excluding hydrogens is 368 g/mol. The Morgan fingerprint density at radius 3 is 2.38 bits per heavy atom. The van der Waals surface area contributed by atoms with Gasteiger partial charge < -0.3 is 19.3 Å². The molecule has 0 saturated heterocycles. The molecule has 0 aromatic heterocycles. The van der Waals surface area contributed by atoms with Crippen molar-refractivity contribution in [1.29, 1.82) is 0 Å². The van der Waals surface area contributed by atoms with Crippen LogP contribution in [-0.4, -0.2) is 49.9 Å². The van der Waals surface area contributed by atoms with Gasteiger partial charge >= 0.3 is 0 Å². The van der Waals surface area contributed by atoms with E-state index in [2.05, 4.69) is 0 Å². The number of carbonyl (C=O) groups excluding carboxylic acids is 2. The summed E-state index contributed by atoms with van der Waals surface area (Å²) in [6, 6.07) is 13.4. The summed E-state index contributed by atoms with van der Waals surface area (Å²) in [4.78, 5) is 29.7. The van der Waals surface area contributed by atoms with Crippen molar-refractivity contribution in [3.05, 3.63) is 53.6 Å². The number of hydrogen-bond donors (Lipinski definition) is 0. The zero-order valence-corrected chi connectivity index (χ0v) is 16.9. The molecule has 4 rings (SSSR count). The number of benzene rings is 2. The third-order valence-corrected chi connectivity index (χ3v) is 5.62. The molecule has 1 fully saturated rings. The molecule has 1 amide bonds. The Balaban J connectivity index is 1.61. The third-order valence-electron chi connectivity index (χ3n) is 5.62. The fraction of sp³-hybridized carbons (Fsp3) is 0.391. The highest BCUT2D eigenvalue weighted by Crippen LogP contribution is 2.34. The Hall–Kier alpha value is -3.02. The quantitative estimate of drug-likeness (QED) is 0.704. The number of Topliss-reactive ketones (excluding diaryl/α,β-unsaturated/α-hetero) is 1. The summed E-state index contributed by atoms with van der Waals surface area (Å²) in [6.45, 7) is 1.30. The summed E-state index contributed by atoms with van der Waals surface area (Å²) in [5.41, 5.74) is 2.64. The molecule has 152 valence electrons. The van der Waals surface area contributed by atoms with Gasteiger partial charge in [-0.15, -0.1) is 0 Å². The van der Waals surface area contributed by atoms with Crippen LogP contribution in [0.5, 0.6) is 11.5 Å². The number of carbonyl (C=O) groups is 2. The summed E-state index contributed by atoms with van der Waals surface area (Å²) in [5, 5.41) is 0. The molecule has 6 nitrogen and oxygen atoms in total. The van der Waals surface area contributed by atoms with Gasteiger partial charge in [0.25, 0.3) is 0 Å². The van der Waals surface area contributed by atoms with E-state index >= 15 is 0 Å². The van der Waals surface area contributed by atoms with Crippen molar-refractivity contribution >= 4 is 17.4 Å². The van der Waals surface area contributed by atoms with E-state index in [-0.39, 0.29) is 18.2 Å². The van der Waals surface area contributed by atoms with Gasteiger partial charge in [-0.05, 0) is 60.9 Å². The number of ether oxygens (including phenoxy) is 2. The van der Waals surface area contributed by atoms with Crippen molar-refractivity contribution in [2.24, 2.45) is 0 Å². The number of nitrogens with zero attached hydrogens (tertiary/aromatic N) is 2. The summed E-state index contributed by atoms with van der Waals surface area (Å²) < 4.78 is 10.6. The van der Waals surface area contributed by atoms with E-state index < -0.39 is 0 Å². The summed E-state index contributed by atoms with van der Waals surface area (Å²) in [7, 11) is 3.24. The van der Waals surface area contributed by atoms with Crippen LogP contribution in [0, 0.1) is 0 Å². The van der Waals surface area contributed by atoms with Crippen LogP contribution in [0.4, 0.5) is 5.69 Å². The zero-order valence-electron chi connectivity index (χ0n) is 16.9. The number of fused-ring (bicyclic) bond motifs is 1. The van der Waals surface area contributed by atoms with Gasteiger partial charge in [-0.3, -0.25) is 9.59 Å². The summed E-state index contributed by atoms with van der Waals surface area (Å²) in [5.74, 6) is 1.65. The lowest BCUT2D eigenvalue weighted by Crippen LogP contribution is -2.40. The number of rotatable bonds is 6. The lowest BCUT2D eigenvalue weighted by atomic mass is 10.1. The van der Waals surface area contributed by atoms with Gasteiger partial charge in [0.2, 0.25) is 5.91 Å². The first kappa shape index (κ1) is 19.3. The van der Waals surface area contributed by atoms with E-state index in [0.29, 0.717) is 31.1 Å². The van der Waals surface area contributed by atoms with Crippen molar-refractivity contribution in [3.63, 3.8) is 0 Å². The predicted molar refractivity (Wildman–Crippen MR) is 111 cm³/mol. The molecule has 2 aromatic rings.